The zero-order valence-corrected chi connectivity index (χ0v) is 18.2. The Kier molecular flexibility index (Phi) is 3.92. The molecular formula is C31H22N2. The number of rotatable bonds is 1. The lowest BCUT2D eigenvalue weighted by molar-refractivity contribution is 0.751. The molecule has 0 saturated heterocycles. The highest BCUT2D eigenvalue weighted by molar-refractivity contribution is 6.06. The van der Waals surface area contributed by atoms with Crippen molar-refractivity contribution in [3.05, 3.63) is 142 Å². The SMILES string of the molecule is C1=CCC=C2C(=C1)C1(C3=C2CC=NC(c2ccccc2)=N3)c2ccccc2-c2ccccc21. The molecule has 0 fully saturated rings. The van der Waals surface area contributed by atoms with Gasteiger partial charge in [-0.05, 0) is 45.4 Å². The van der Waals surface area contributed by atoms with E-state index < -0.39 is 5.41 Å². The van der Waals surface area contributed by atoms with E-state index in [0.29, 0.717) is 0 Å². The minimum absolute atomic E-state index is 0.420. The van der Waals surface area contributed by atoms with Crippen LogP contribution in [0.3, 0.4) is 0 Å². The summed E-state index contributed by atoms with van der Waals surface area (Å²) in [7, 11) is 0. The van der Waals surface area contributed by atoms with Crippen LogP contribution in [0.1, 0.15) is 29.5 Å². The van der Waals surface area contributed by atoms with Crippen molar-refractivity contribution < 1.29 is 0 Å². The maximum Gasteiger partial charge on any atom is 0.159 e. The van der Waals surface area contributed by atoms with Crippen molar-refractivity contribution in [1.29, 1.82) is 0 Å². The number of fused-ring (bicyclic) bond motifs is 9. The quantitative estimate of drug-likeness (QED) is 0.405. The van der Waals surface area contributed by atoms with Gasteiger partial charge in [-0.3, -0.25) is 0 Å². The molecule has 3 aromatic rings. The van der Waals surface area contributed by atoms with Gasteiger partial charge in [0.05, 0.1) is 11.1 Å². The summed E-state index contributed by atoms with van der Waals surface area (Å²) < 4.78 is 0. The van der Waals surface area contributed by atoms with Crippen LogP contribution < -0.4 is 0 Å². The summed E-state index contributed by atoms with van der Waals surface area (Å²) >= 11 is 0. The topological polar surface area (TPSA) is 24.7 Å². The van der Waals surface area contributed by atoms with Gasteiger partial charge in [-0.1, -0.05) is 103 Å². The molecule has 1 heterocycles. The summed E-state index contributed by atoms with van der Waals surface area (Å²) in [6.45, 7) is 0. The van der Waals surface area contributed by atoms with E-state index >= 15 is 0 Å². The van der Waals surface area contributed by atoms with Crippen molar-refractivity contribution in [3.8, 4) is 11.1 Å². The molecule has 2 nitrogen and oxygen atoms in total. The molecule has 1 spiro atoms. The fraction of sp³-hybridized carbons (Fsp3) is 0.0968. The molecule has 33 heavy (non-hydrogen) atoms. The molecule has 0 atom stereocenters. The summed E-state index contributed by atoms with van der Waals surface area (Å²) in [4.78, 5) is 10.2. The average molecular weight is 423 g/mol. The molecule has 7 rings (SSSR count). The van der Waals surface area contributed by atoms with Gasteiger partial charge < -0.3 is 0 Å². The summed E-state index contributed by atoms with van der Waals surface area (Å²) in [5.74, 6) is 0.787. The van der Waals surface area contributed by atoms with E-state index in [1.54, 1.807) is 0 Å². The van der Waals surface area contributed by atoms with E-state index in [4.69, 9.17) is 9.98 Å². The van der Waals surface area contributed by atoms with Crippen molar-refractivity contribution >= 4 is 12.1 Å². The van der Waals surface area contributed by atoms with Crippen LogP contribution in [0.5, 0.6) is 0 Å². The predicted octanol–water partition coefficient (Wildman–Crippen LogP) is 6.95. The molecular weight excluding hydrogens is 400 g/mol. The number of allylic oxidation sites excluding steroid dienone is 7. The van der Waals surface area contributed by atoms with Crippen LogP contribution in [0.2, 0.25) is 0 Å². The Hall–Kier alpha value is -4.04. The largest absolute Gasteiger partial charge is 0.241 e. The molecule has 0 radical (unpaired) electrons. The number of benzene rings is 3. The fourth-order valence-electron chi connectivity index (χ4n) is 5.95. The third kappa shape index (κ3) is 2.44. The lowest BCUT2D eigenvalue weighted by Gasteiger charge is -2.31. The third-order valence-electron chi connectivity index (χ3n) is 7.23. The normalized spacial score (nSPS) is 19.1. The van der Waals surface area contributed by atoms with Crippen LogP contribution in [-0.2, 0) is 5.41 Å². The first-order chi connectivity index (χ1) is 16.4. The van der Waals surface area contributed by atoms with E-state index in [2.05, 4.69) is 97.1 Å². The second-order valence-corrected chi connectivity index (χ2v) is 8.85. The zero-order chi connectivity index (χ0) is 21.8. The Morgan fingerprint density at radius 1 is 0.758 bits per heavy atom. The second kappa shape index (κ2) is 6.98. The highest BCUT2D eigenvalue weighted by atomic mass is 15.0. The lowest BCUT2D eigenvalue weighted by atomic mass is 9.71. The Balaban J connectivity index is 1.61. The molecule has 4 aliphatic rings. The highest BCUT2D eigenvalue weighted by Gasteiger charge is 2.55. The van der Waals surface area contributed by atoms with E-state index in [1.807, 2.05) is 12.3 Å². The van der Waals surface area contributed by atoms with Crippen LogP contribution in [0.4, 0.5) is 0 Å². The first-order valence-electron chi connectivity index (χ1n) is 11.6. The molecule has 2 heteroatoms. The van der Waals surface area contributed by atoms with Crippen molar-refractivity contribution in [3.63, 3.8) is 0 Å². The number of nitrogens with zero attached hydrogens (tertiary/aromatic N) is 2. The maximum atomic E-state index is 5.39. The Bertz CT molecular complexity index is 1450. The molecule has 0 amide bonds. The number of hydrogen-bond donors (Lipinski definition) is 0. The molecule has 156 valence electrons. The highest BCUT2D eigenvalue weighted by Crippen LogP contribution is 2.64. The molecule has 0 unspecified atom stereocenters. The van der Waals surface area contributed by atoms with E-state index in [1.165, 1.54) is 39.0 Å². The van der Waals surface area contributed by atoms with Crippen LogP contribution in [0.15, 0.2) is 136 Å². The van der Waals surface area contributed by atoms with Crippen LogP contribution in [0, 0.1) is 0 Å². The summed E-state index contributed by atoms with van der Waals surface area (Å²) in [5, 5.41) is 0. The predicted molar refractivity (Wildman–Crippen MR) is 136 cm³/mol. The van der Waals surface area contributed by atoms with Gasteiger partial charge in [0.25, 0.3) is 0 Å². The van der Waals surface area contributed by atoms with Gasteiger partial charge in [0, 0.05) is 18.2 Å². The molecule has 1 aliphatic heterocycles. The standard InChI is InChI=1S/C31H22N2/c1-3-11-21(12-4-1)30-32-20-19-25-24-13-5-2-6-16-28(24)31(29(25)33-30)26-17-9-7-14-22(26)23-15-8-10-18-27(23)31/h1-4,6-18,20H,5,19H2. The van der Waals surface area contributed by atoms with Gasteiger partial charge in [0.2, 0.25) is 0 Å². The van der Waals surface area contributed by atoms with Gasteiger partial charge >= 0.3 is 0 Å². The molecule has 3 aromatic carbocycles. The number of amidine groups is 1. The van der Waals surface area contributed by atoms with Crippen LogP contribution in [0.25, 0.3) is 11.1 Å². The average Bonchev–Trinajstić information content (AvgIpc) is 3.07. The van der Waals surface area contributed by atoms with Gasteiger partial charge in [0.15, 0.2) is 5.84 Å². The number of hydrogen-bond acceptors (Lipinski definition) is 2. The van der Waals surface area contributed by atoms with E-state index in [-0.39, 0.29) is 0 Å². The molecule has 0 N–H and O–H groups in total. The molecule has 0 bridgehead atoms. The summed E-state index contributed by atoms with van der Waals surface area (Å²) in [5.41, 5.74) is 11.0. The lowest BCUT2D eigenvalue weighted by Crippen LogP contribution is -2.27. The van der Waals surface area contributed by atoms with Gasteiger partial charge in [0.1, 0.15) is 0 Å². The van der Waals surface area contributed by atoms with E-state index in [0.717, 1.165) is 29.9 Å². The molecule has 3 aliphatic carbocycles. The third-order valence-corrected chi connectivity index (χ3v) is 7.23. The second-order valence-electron chi connectivity index (χ2n) is 8.85. The number of aliphatic imine (C=N–C) groups is 2. The van der Waals surface area contributed by atoms with Crippen molar-refractivity contribution in [2.45, 2.75) is 18.3 Å². The van der Waals surface area contributed by atoms with Crippen LogP contribution in [-0.4, -0.2) is 12.1 Å². The summed E-state index contributed by atoms with van der Waals surface area (Å²) in [6.07, 6.45) is 12.9. The van der Waals surface area contributed by atoms with Gasteiger partial charge in [-0.15, -0.1) is 0 Å². The monoisotopic (exact) mass is 422 g/mol. The van der Waals surface area contributed by atoms with Gasteiger partial charge in [-0.2, -0.15) is 0 Å². The Morgan fingerprint density at radius 2 is 1.45 bits per heavy atom. The first-order valence-corrected chi connectivity index (χ1v) is 11.6. The smallest absolute Gasteiger partial charge is 0.159 e. The first kappa shape index (κ1) is 18.5. The summed E-state index contributed by atoms with van der Waals surface area (Å²) in [6, 6.07) is 28.1. The van der Waals surface area contributed by atoms with Crippen molar-refractivity contribution in [2.75, 3.05) is 0 Å². The minimum atomic E-state index is -0.420. The van der Waals surface area contributed by atoms with Crippen molar-refractivity contribution in [2.24, 2.45) is 9.98 Å². The zero-order valence-electron chi connectivity index (χ0n) is 18.2. The maximum absolute atomic E-state index is 5.39. The fourth-order valence-corrected chi connectivity index (χ4v) is 5.95. The molecule has 0 aromatic heterocycles. The molecule has 0 saturated carbocycles. The van der Waals surface area contributed by atoms with Crippen molar-refractivity contribution in [1.82, 2.24) is 0 Å². The van der Waals surface area contributed by atoms with E-state index in [9.17, 15) is 0 Å². The Morgan fingerprint density at radius 3 is 2.21 bits per heavy atom. The Labute approximate surface area is 193 Å². The van der Waals surface area contributed by atoms with Gasteiger partial charge in [-0.25, -0.2) is 9.98 Å². The van der Waals surface area contributed by atoms with Crippen LogP contribution >= 0.6 is 0 Å². The minimum Gasteiger partial charge on any atom is -0.241 e.